The van der Waals surface area contributed by atoms with Gasteiger partial charge in [0.2, 0.25) is 5.28 Å². The second-order valence-electron chi connectivity index (χ2n) is 7.10. The van der Waals surface area contributed by atoms with Crippen LogP contribution in [0.2, 0.25) is 5.28 Å². The quantitative estimate of drug-likeness (QED) is 0.422. The molecule has 0 radical (unpaired) electrons. The molecule has 1 N–H and O–H groups in total. The molecule has 2 aromatic rings. The fraction of sp³-hybridized carbons (Fsp3) is 0.476. The fourth-order valence-electron chi connectivity index (χ4n) is 3.39. The number of halogens is 4. The molecule has 0 aliphatic carbocycles. The molecule has 1 aromatic heterocycles. The Morgan fingerprint density at radius 3 is 2.53 bits per heavy atom. The van der Waals surface area contributed by atoms with Crippen LogP contribution in [0.5, 0.6) is 0 Å². The molecule has 1 saturated heterocycles. The van der Waals surface area contributed by atoms with Gasteiger partial charge >= 0.3 is 5.97 Å². The van der Waals surface area contributed by atoms with Gasteiger partial charge < -0.3 is 19.5 Å². The molecule has 32 heavy (non-hydrogen) atoms. The summed E-state index contributed by atoms with van der Waals surface area (Å²) in [6.45, 7) is 5.64. The van der Waals surface area contributed by atoms with E-state index in [2.05, 4.69) is 15.3 Å². The van der Waals surface area contributed by atoms with Crippen LogP contribution in [-0.4, -0.2) is 35.8 Å². The second-order valence-corrected chi connectivity index (χ2v) is 7.44. The molecule has 0 spiro atoms. The molecule has 7 nitrogen and oxygen atoms in total. The highest BCUT2D eigenvalue weighted by atomic mass is 35.5. The lowest BCUT2D eigenvalue weighted by molar-refractivity contribution is -0.144. The third-order valence-electron chi connectivity index (χ3n) is 4.97. The predicted molar refractivity (Wildman–Crippen MR) is 110 cm³/mol. The average Bonchev–Trinajstić information content (AvgIpc) is 3.27. The van der Waals surface area contributed by atoms with E-state index in [9.17, 15) is 18.0 Å². The maximum absolute atomic E-state index is 14.7. The van der Waals surface area contributed by atoms with Crippen molar-refractivity contribution >= 4 is 23.4 Å². The molecular weight excluding hydrogens is 451 g/mol. The van der Waals surface area contributed by atoms with E-state index in [1.54, 1.807) is 20.8 Å². The third kappa shape index (κ3) is 5.13. The van der Waals surface area contributed by atoms with Crippen molar-refractivity contribution in [1.29, 1.82) is 0 Å². The molecule has 174 valence electrons. The number of ether oxygens (including phenoxy) is 3. The van der Waals surface area contributed by atoms with E-state index in [4.69, 9.17) is 25.8 Å². The highest BCUT2D eigenvalue weighted by Gasteiger charge is 2.33. The first-order valence-corrected chi connectivity index (χ1v) is 10.4. The summed E-state index contributed by atoms with van der Waals surface area (Å²) in [5.41, 5.74) is -0.149. The van der Waals surface area contributed by atoms with Crippen LogP contribution in [0.4, 0.5) is 19.0 Å². The van der Waals surface area contributed by atoms with Crippen molar-refractivity contribution < 1.29 is 32.2 Å². The lowest BCUT2D eigenvalue weighted by atomic mass is 10.0. The monoisotopic (exact) mass is 473 g/mol. The average molecular weight is 474 g/mol. The topological polar surface area (TPSA) is 82.6 Å². The van der Waals surface area contributed by atoms with E-state index in [0.29, 0.717) is 18.8 Å². The van der Waals surface area contributed by atoms with Gasteiger partial charge in [0.25, 0.3) is 6.43 Å². The lowest BCUT2D eigenvalue weighted by Crippen LogP contribution is -2.21. The number of hydrogen-bond donors (Lipinski definition) is 1. The van der Waals surface area contributed by atoms with Gasteiger partial charge in [-0.15, -0.1) is 0 Å². The molecule has 2 heterocycles. The molecular formula is C21H23ClF3N3O4. The molecule has 1 aliphatic heterocycles. The van der Waals surface area contributed by atoms with Gasteiger partial charge in [0.05, 0.1) is 48.6 Å². The van der Waals surface area contributed by atoms with Crippen LogP contribution in [0, 0.1) is 5.82 Å². The zero-order valence-corrected chi connectivity index (χ0v) is 18.5. The Morgan fingerprint density at radius 2 is 1.91 bits per heavy atom. The van der Waals surface area contributed by atoms with Crippen LogP contribution in [-0.2, 0) is 19.0 Å². The summed E-state index contributed by atoms with van der Waals surface area (Å²) in [7, 11) is 0. The fourth-order valence-corrected chi connectivity index (χ4v) is 3.56. The number of esters is 1. The summed E-state index contributed by atoms with van der Waals surface area (Å²) >= 11 is 6.11. The number of anilines is 1. The Morgan fingerprint density at radius 1 is 1.25 bits per heavy atom. The molecule has 11 heteroatoms. The van der Waals surface area contributed by atoms with E-state index in [-0.39, 0.29) is 29.0 Å². The number of rotatable bonds is 8. The Kier molecular flexibility index (Phi) is 7.91. The van der Waals surface area contributed by atoms with E-state index in [1.165, 1.54) is 12.1 Å². The molecule has 1 aromatic carbocycles. The number of alkyl halides is 2. The lowest BCUT2D eigenvalue weighted by Gasteiger charge is -2.24. The number of aromatic nitrogens is 2. The van der Waals surface area contributed by atoms with Gasteiger partial charge in [-0.25, -0.2) is 23.1 Å². The van der Waals surface area contributed by atoms with E-state index < -0.39 is 42.0 Å². The molecule has 0 bridgehead atoms. The van der Waals surface area contributed by atoms with Crippen LogP contribution in [0.15, 0.2) is 18.2 Å². The Balaban J connectivity index is 2.04. The van der Waals surface area contributed by atoms with Gasteiger partial charge in [-0.1, -0.05) is 18.2 Å². The largest absolute Gasteiger partial charge is 0.465 e. The zero-order valence-electron chi connectivity index (χ0n) is 17.7. The van der Waals surface area contributed by atoms with E-state index in [0.717, 1.165) is 6.07 Å². The normalized spacial score (nSPS) is 16.2. The minimum absolute atomic E-state index is 0.0109. The van der Waals surface area contributed by atoms with Crippen molar-refractivity contribution in [2.75, 3.05) is 25.1 Å². The number of hydrogen-bond acceptors (Lipinski definition) is 7. The summed E-state index contributed by atoms with van der Waals surface area (Å²) in [4.78, 5) is 20.8. The number of nitrogens with zero attached hydrogens (tertiary/aromatic N) is 2. The van der Waals surface area contributed by atoms with Gasteiger partial charge in [0, 0.05) is 5.56 Å². The summed E-state index contributed by atoms with van der Waals surface area (Å²) in [5.74, 6) is -2.24. The molecule has 3 rings (SSSR count). The molecule has 0 amide bonds. The Hall–Kier alpha value is -2.43. The summed E-state index contributed by atoms with van der Waals surface area (Å²) in [6, 6.07) is 2.99. The maximum atomic E-state index is 14.7. The first-order chi connectivity index (χ1) is 15.2. The van der Waals surface area contributed by atoms with Gasteiger partial charge in [-0.05, 0) is 32.4 Å². The highest BCUT2D eigenvalue weighted by Crippen LogP contribution is 2.37. The van der Waals surface area contributed by atoms with Crippen molar-refractivity contribution in [2.24, 2.45) is 0 Å². The zero-order chi connectivity index (χ0) is 23.4. The van der Waals surface area contributed by atoms with E-state index >= 15 is 0 Å². The summed E-state index contributed by atoms with van der Waals surface area (Å²) in [6.07, 6.45) is -3.85. The van der Waals surface area contributed by atoms with Gasteiger partial charge in [0.1, 0.15) is 11.6 Å². The number of nitrogens with one attached hydrogen (secondary N) is 1. The molecule has 1 fully saturated rings. The van der Waals surface area contributed by atoms with Gasteiger partial charge in [-0.2, -0.15) is 0 Å². The SMILES string of the molecule is CCOC(=O)C(C)c1nc(Cl)nc(NC(C)c2cccc(C(F)F)c2F)c1C1OCCO1. The molecule has 0 saturated carbocycles. The number of carbonyl (C=O) groups excluding carboxylic acids is 1. The molecule has 2 unspecified atom stereocenters. The van der Waals surface area contributed by atoms with Crippen molar-refractivity contribution in [3.63, 3.8) is 0 Å². The first-order valence-electron chi connectivity index (χ1n) is 10.0. The molecule has 2 atom stereocenters. The summed E-state index contributed by atoms with van der Waals surface area (Å²) in [5, 5.41) is 2.81. The molecule has 1 aliphatic rings. The van der Waals surface area contributed by atoms with Gasteiger partial charge in [0.15, 0.2) is 6.29 Å². The number of benzene rings is 1. The second kappa shape index (κ2) is 10.5. The van der Waals surface area contributed by atoms with Crippen molar-refractivity contribution in [3.05, 3.63) is 51.7 Å². The smallest absolute Gasteiger partial charge is 0.314 e. The number of carbonyl (C=O) groups is 1. The van der Waals surface area contributed by atoms with Crippen LogP contribution < -0.4 is 5.32 Å². The minimum Gasteiger partial charge on any atom is -0.465 e. The van der Waals surface area contributed by atoms with Crippen LogP contribution in [0.3, 0.4) is 0 Å². The summed E-state index contributed by atoms with van der Waals surface area (Å²) < 4.78 is 57.2. The van der Waals surface area contributed by atoms with Crippen molar-refractivity contribution in [2.45, 2.75) is 45.4 Å². The first kappa shape index (κ1) is 24.2. The predicted octanol–water partition coefficient (Wildman–Crippen LogP) is 5.09. The van der Waals surface area contributed by atoms with Crippen molar-refractivity contribution in [1.82, 2.24) is 9.97 Å². The Labute approximate surface area is 188 Å². The standard InChI is InChI=1S/C21H23ClF3N3O4/c1-4-30-19(29)10(2)16-14(20-31-8-9-32-20)18(28-21(22)27-16)26-11(3)12-6-5-7-13(15(12)23)17(24)25/h5-7,10-11,17,20H,4,8-9H2,1-3H3,(H,26,27,28). The van der Waals surface area contributed by atoms with Gasteiger partial charge in [-0.3, -0.25) is 4.79 Å². The minimum atomic E-state index is -2.96. The van der Waals surface area contributed by atoms with Crippen molar-refractivity contribution in [3.8, 4) is 0 Å². The highest BCUT2D eigenvalue weighted by molar-refractivity contribution is 6.28. The van der Waals surface area contributed by atoms with E-state index in [1.807, 2.05) is 0 Å². The van der Waals surface area contributed by atoms with Crippen LogP contribution >= 0.6 is 11.6 Å². The van der Waals surface area contributed by atoms with Crippen LogP contribution in [0.25, 0.3) is 0 Å². The Bertz CT molecular complexity index is 974. The third-order valence-corrected chi connectivity index (χ3v) is 5.14. The van der Waals surface area contributed by atoms with Crippen LogP contribution in [0.1, 0.15) is 67.8 Å². The maximum Gasteiger partial charge on any atom is 0.314 e.